The summed E-state index contributed by atoms with van der Waals surface area (Å²) in [6, 6.07) is 1.77. The van der Waals surface area contributed by atoms with Crippen molar-refractivity contribution in [2.45, 2.75) is 180 Å². The summed E-state index contributed by atoms with van der Waals surface area (Å²) in [6.45, 7) is 10.4. The molecule has 1 heterocycles. The lowest BCUT2D eigenvalue weighted by Crippen LogP contribution is -2.48. The molecule has 232 valence electrons. The van der Waals surface area contributed by atoms with Gasteiger partial charge in [0.05, 0.1) is 0 Å². The van der Waals surface area contributed by atoms with Crippen LogP contribution < -0.4 is 5.32 Å². The summed E-state index contributed by atoms with van der Waals surface area (Å²) in [5.74, 6) is 5.02. The van der Waals surface area contributed by atoms with Gasteiger partial charge in [-0.3, -0.25) is 4.90 Å². The van der Waals surface area contributed by atoms with Crippen LogP contribution in [0, 0.1) is 29.6 Å². The molecule has 4 fully saturated rings. The molecule has 0 radical (unpaired) electrons. The van der Waals surface area contributed by atoms with Crippen molar-refractivity contribution in [1.82, 2.24) is 10.2 Å². The normalized spacial score (nSPS) is 29.1. The minimum Gasteiger partial charge on any atom is -0.316 e. The van der Waals surface area contributed by atoms with Crippen LogP contribution in [0.5, 0.6) is 0 Å². The maximum Gasteiger partial charge on any atom is 0.0101 e. The number of nitrogens with one attached hydrogen (secondary N) is 1. The fraction of sp³-hybridized carbons (Fsp3) is 0.947. The van der Waals surface area contributed by atoms with Crippen molar-refractivity contribution >= 4 is 0 Å². The van der Waals surface area contributed by atoms with Gasteiger partial charge in [-0.25, -0.2) is 0 Å². The molecule has 0 aromatic rings. The van der Waals surface area contributed by atoms with E-state index in [1.54, 1.807) is 0 Å². The van der Waals surface area contributed by atoms with E-state index in [4.69, 9.17) is 0 Å². The van der Waals surface area contributed by atoms with Gasteiger partial charge in [-0.1, -0.05) is 116 Å². The van der Waals surface area contributed by atoms with Gasteiger partial charge in [0.1, 0.15) is 0 Å². The first-order valence-corrected chi connectivity index (χ1v) is 18.9. The predicted molar refractivity (Wildman–Crippen MR) is 176 cm³/mol. The van der Waals surface area contributed by atoms with E-state index in [-0.39, 0.29) is 0 Å². The van der Waals surface area contributed by atoms with E-state index >= 15 is 0 Å². The van der Waals surface area contributed by atoms with E-state index in [0.717, 1.165) is 41.7 Å². The molecule has 1 saturated heterocycles. The van der Waals surface area contributed by atoms with E-state index in [9.17, 15) is 0 Å². The maximum atomic E-state index is 4.02. The van der Waals surface area contributed by atoms with Gasteiger partial charge in [0, 0.05) is 12.1 Å². The van der Waals surface area contributed by atoms with E-state index in [1.807, 2.05) is 0 Å². The molecule has 5 atom stereocenters. The summed E-state index contributed by atoms with van der Waals surface area (Å²) >= 11 is 0. The van der Waals surface area contributed by atoms with Gasteiger partial charge in [0.15, 0.2) is 0 Å². The minimum atomic E-state index is 0.877. The fourth-order valence-corrected chi connectivity index (χ4v) is 9.49. The van der Waals surface area contributed by atoms with Gasteiger partial charge in [-0.2, -0.15) is 0 Å². The van der Waals surface area contributed by atoms with Crippen LogP contribution in [-0.2, 0) is 0 Å². The Hall–Kier alpha value is -0.340. The average molecular weight is 555 g/mol. The molecule has 2 heteroatoms. The number of allylic oxidation sites excluding steroid dienone is 1. The molecule has 0 amide bonds. The van der Waals surface area contributed by atoms with Crippen LogP contribution in [0.2, 0.25) is 0 Å². The number of unbranched alkanes of at least 4 members (excludes halogenated alkanes) is 7. The van der Waals surface area contributed by atoms with Gasteiger partial charge >= 0.3 is 0 Å². The van der Waals surface area contributed by atoms with Gasteiger partial charge in [-0.15, -0.1) is 6.58 Å². The highest BCUT2D eigenvalue weighted by Crippen LogP contribution is 2.42. The van der Waals surface area contributed by atoms with Crippen molar-refractivity contribution in [3.63, 3.8) is 0 Å². The zero-order valence-corrected chi connectivity index (χ0v) is 27.1. The second kappa shape index (κ2) is 19.0. The summed E-state index contributed by atoms with van der Waals surface area (Å²) in [5, 5.41) is 3.57. The zero-order valence-electron chi connectivity index (χ0n) is 27.1. The Labute approximate surface area is 251 Å². The lowest BCUT2D eigenvalue weighted by molar-refractivity contribution is 0.0627. The predicted octanol–water partition coefficient (Wildman–Crippen LogP) is 10.7. The number of hydrogen-bond donors (Lipinski definition) is 1. The Morgan fingerprint density at radius 3 is 2.27 bits per heavy atom. The van der Waals surface area contributed by atoms with Gasteiger partial charge in [0.25, 0.3) is 0 Å². The second-order valence-electron chi connectivity index (χ2n) is 15.0. The highest BCUT2D eigenvalue weighted by atomic mass is 15.2. The smallest absolute Gasteiger partial charge is 0.0101 e. The molecule has 0 aromatic heterocycles. The first kappa shape index (κ1) is 32.6. The molecule has 0 bridgehead atoms. The maximum absolute atomic E-state index is 4.02. The summed E-state index contributed by atoms with van der Waals surface area (Å²) < 4.78 is 0. The lowest BCUT2D eigenvalue weighted by atomic mass is 9.73. The number of nitrogens with zero attached hydrogens (tertiary/aromatic N) is 1. The van der Waals surface area contributed by atoms with Crippen molar-refractivity contribution in [2.24, 2.45) is 29.6 Å². The topological polar surface area (TPSA) is 15.3 Å². The van der Waals surface area contributed by atoms with Crippen molar-refractivity contribution in [3.05, 3.63) is 12.7 Å². The summed E-state index contributed by atoms with van der Waals surface area (Å²) in [5.41, 5.74) is 0. The van der Waals surface area contributed by atoms with Crippen LogP contribution in [0.3, 0.4) is 0 Å². The summed E-state index contributed by atoms with van der Waals surface area (Å²) in [6.07, 6.45) is 38.9. The van der Waals surface area contributed by atoms with Crippen LogP contribution in [-0.4, -0.2) is 36.6 Å². The highest BCUT2D eigenvalue weighted by Gasteiger charge is 2.39. The first-order chi connectivity index (χ1) is 19.8. The quantitative estimate of drug-likeness (QED) is 0.119. The van der Waals surface area contributed by atoms with Crippen LogP contribution in [0.4, 0.5) is 0 Å². The Morgan fingerprint density at radius 1 is 0.725 bits per heavy atom. The third-order valence-electron chi connectivity index (χ3n) is 12.1. The molecular weight excluding hydrogens is 484 g/mol. The molecule has 40 heavy (non-hydrogen) atoms. The van der Waals surface area contributed by atoms with Crippen molar-refractivity contribution < 1.29 is 0 Å². The molecule has 3 saturated carbocycles. The molecule has 2 nitrogen and oxygen atoms in total. The van der Waals surface area contributed by atoms with Gasteiger partial charge < -0.3 is 5.32 Å². The molecule has 1 N–H and O–H groups in total. The highest BCUT2D eigenvalue weighted by molar-refractivity contribution is 4.94. The second-order valence-corrected chi connectivity index (χ2v) is 15.0. The average Bonchev–Trinajstić information content (AvgIpc) is 3.42. The summed E-state index contributed by atoms with van der Waals surface area (Å²) in [4.78, 5) is 3.15. The molecular formula is C38H70N2. The molecule has 0 aromatic carbocycles. The van der Waals surface area contributed by atoms with E-state index in [2.05, 4.69) is 29.8 Å². The molecule has 1 aliphatic heterocycles. The van der Waals surface area contributed by atoms with Crippen LogP contribution in [0.25, 0.3) is 0 Å². The van der Waals surface area contributed by atoms with E-state index in [0.29, 0.717) is 0 Å². The SMILES string of the molecule is C=CCCCC(CCCCCC)C1CCCC(N(CCCCCCC2CCCCC2)C2CCC(C3CNC3)C2)C1. The molecule has 0 spiro atoms. The van der Waals surface area contributed by atoms with Crippen LogP contribution in [0.1, 0.15) is 167 Å². The number of rotatable bonds is 20. The van der Waals surface area contributed by atoms with Crippen LogP contribution >= 0.6 is 0 Å². The Bertz CT molecular complexity index is 650. The molecule has 5 unspecified atom stereocenters. The Balaban J connectivity index is 1.29. The monoisotopic (exact) mass is 555 g/mol. The Kier molecular flexibility index (Phi) is 15.5. The Morgan fingerprint density at radius 2 is 1.50 bits per heavy atom. The van der Waals surface area contributed by atoms with E-state index < -0.39 is 0 Å². The van der Waals surface area contributed by atoms with Gasteiger partial charge in [-0.05, 0) is 107 Å². The van der Waals surface area contributed by atoms with Crippen molar-refractivity contribution in [1.29, 1.82) is 0 Å². The third-order valence-corrected chi connectivity index (χ3v) is 12.1. The third kappa shape index (κ3) is 10.7. The number of hydrogen-bond acceptors (Lipinski definition) is 2. The molecule has 3 aliphatic carbocycles. The minimum absolute atomic E-state index is 0.877. The molecule has 4 aliphatic rings. The first-order valence-electron chi connectivity index (χ1n) is 18.9. The molecule has 4 rings (SSSR count). The standard InChI is InChI=1S/C38H70N2/c1-3-5-7-15-22-33(21-11-6-4-2)34-23-17-24-37(28-34)40(38-26-25-35(29-38)36-30-39-31-36)27-16-9-8-12-18-32-19-13-10-14-20-32/h4,32-39H,2-3,5-31H2,1H3. The van der Waals surface area contributed by atoms with Crippen molar-refractivity contribution in [3.8, 4) is 0 Å². The largest absolute Gasteiger partial charge is 0.316 e. The van der Waals surface area contributed by atoms with E-state index in [1.165, 1.54) is 180 Å². The lowest BCUT2D eigenvalue weighted by Gasteiger charge is -2.43. The summed E-state index contributed by atoms with van der Waals surface area (Å²) in [7, 11) is 0. The zero-order chi connectivity index (χ0) is 27.8. The van der Waals surface area contributed by atoms with Crippen molar-refractivity contribution in [2.75, 3.05) is 19.6 Å². The van der Waals surface area contributed by atoms with Crippen LogP contribution in [0.15, 0.2) is 12.7 Å². The van der Waals surface area contributed by atoms with Gasteiger partial charge in [0.2, 0.25) is 0 Å². The fourth-order valence-electron chi connectivity index (χ4n) is 9.49.